The molecule has 3 heteroatoms. The summed E-state index contributed by atoms with van der Waals surface area (Å²) in [5, 5.41) is 10.8. The van der Waals surface area contributed by atoms with E-state index in [0.717, 1.165) is 25.7 Å². The highest BCUT2D eigenvalue weighted by Crippen LogP contribution is 2.72. The summed E-state index contributed by atoms with van der Waals surface area (Å²) in [7, 11) is 0. The lowest BCUT2D eigenvalue weighted by Gasteiger charge is -2.62. The van der Waals surface area contributed by atoms with Crippen molar-refractivity contribution in [3.8, 4) is 0 Å². The number of hydrogen-bond acceptors (Lipinski definition) is 3. The van der Waals surface area contributed by atoms with Gasteiger partial charge in [-0.25, -0.2) is 0 Å². The molecule has 9 atom stereocenters. The van der Waals surface area contributed by atoms with Gasteiger partial charge >= 0.3 is 5.97 Å². The summed E-state index contributed by atoms with van der Waals surface area (Å²) in [5.41, 5.74) is 4.38. The zero-order valence-corrected chi connectivity index (χ0v) is 22.3. The summed E-state index contributed by atoms with van der Waals surface area (Å²) in [6.45, 7) is 16.7. The van der Waals surface area contributed by atoms with Gasteiger partial charge in [0.1, 0.15) is 6.10 Å². The van der Waals surface area contributed by atoms with E-state index < -0.39 is 0 Å². The summed E-state index contributed by atoms with van der Waals surface area (Å²) in [6.07, 6.45) is 11.5. The van der Waals surface area contributed by atoms with Gasteiger partial charge in [-0.15, -0.1) is 0 Å². The standard InChI is InChI=1S/C30H48O3/c1-18-8-10-23(33-26(18)32)19(2)20-12-16-30(7)22-9-11-24-27(3,4)25(31)14-15-28(24,5)21(22)13-17-29(20,30)6/h18-20,23-25,31H,8-17H2,1-7H3/t18-,19-,20+,23-,24?,25+,28+,29+,30-/m0/s1. The highest BCUT2D eigenvalue weighted by Gasteiger charge is 2.63. The van der Waals surface area contributed by atoms with Crippen molar-refractivity contribution >= 4 is 5.97 Å². The van der Waals surface area contributed by atoms with E-state index >= 15 is 0 Å². The molecule has 3 fully saturated rings. The van der Waals surface area contributed by atoms with Crippen LogP contribution in [-0.4, -0.2) is 23.3 Å². The highest BCUT2D eigenvalue weighted by molar-refractivity contribution is 5.72. The van der Waals surface area contributed by atoms with Gasteiger partial charge in [0.15, 0.2) is 0 Å². The maximum atomic E-state index is 12.3. The first kappa shape index (κ1) is 23.9. The third-order valence-electron chi connectivity index (χ3n) is 12.6. The maximum Gasteiger partial charge on any atom is 0.308 e. The molecule has 1 N–H and O–H groups in total. The molecule has 5 aliphatic rings. The minimum absolute atomic E-state index is 0.00189. The molecule has 0 radical (unpaired) electrons. The number of aliphatic hydroxyl groups excluding tert-OH is 1. The second-order valence-corrected chi connectivity index (χ2v) is 14.0. The Hall–Kier alpha value is -0.830. The van der Waals surface area contributed by atoms with Crippen LogP contribution in [0, 0.1) is 45.3 Å². The summed E-state index contributed by atoms with van der Waals surface area (Å²) in [6, 6.07) is 0. The smallest absolute Gasteiger partial charge is 0.308 e. The lowest BCUT2D eigenvalue weighted by atomic mass is 9.43. The van der Waals surface area contributed by atoms with E-state index in [9.17, 15) is 9.90 Å². The first-order valence-corrected chi connectivity index (χ1v) is 14.0. The van der Waals surface area contributed by atoms with E-state index in [4.69, 9.17) is 4.74 Å². The van der Waals surface area contributed by atoms with Crippen LogP contribution >= 0.6 is 0 Å². The minimum atomic E-state index is -0.167. The molecule has 1 saturated heterocycles. The van der Waals surface area contributed by atoms with Gasteiger partial charge in [0.2, 0.25) is 0 Å². The average Bonchev–Trinajstić information content (AvgIpc) is 3.04. The molecular formula is C30H48O3. The van der Waals surface area contributed by atoms with Crippen LogP contribution in [0.4, 0.5) is 0 Å². The topological polar surface area (TPSA) is 46.5 Å². The van der Waals surface area contributed by atoms with E-state index in [-0.39, 0.29) is 45.8 Å². The predicted molar refractivity (Wildman–Crippen MR) is 132 cm³/mol. The maximum absolute atomic E-state index is 12.3. The number of rotatable bonds is 2. The lowest BCUT2D eigenvalue weighted by molar-refractivity contribution is -0.165. The number of allylic oxidation sites excluding steroid dienone is 2. The molecule has 0 amide bonds. The van der Waals surface area contributed by atoms with Crippen LogP contribution < -0.4 is 0 Å². The SMILES string of the molecule is C[C@H]([C@@H]1CC[C@H](C)C(=O)O1)[C@H]1CC[C@@]2(C)C3=C(CC[C@]12C)[C@@]1(C)CC[C@@H](O)C(C)(C)C1CC3. The van der Waals surface area contributed by atoms with Crippen LogP contribution in [0.1, 0.15) is 113 Å². The van der Waals surface area contributed by atoms with Gasteiger partial charge in [-0.3, -0.25) is 4.79 Å². The summed E-state index contributed by atoms with van der Waals surface area (Å²) in [4.78, 5) is 12.3. The van der Waals surface area contributed by atoms with Gasteiger partial charge in [-0.1, -0.05) is 59.6 Å². The molecule has 2 saturated carbocycles. The molecule has 33 heavy (non-hydrogen) atoms. The van der Waals surface area contributed by atoms with Crippen LogP contribution in [0.2, 0.25) is 0 Å². The van der Waals surface area contributed by atoms with Gasteiger partial charge in [-0.05, 0) is 104 Å². The lowest BCUT2D eigenvalue weighted by Crippen LogP contribution is -2.55. The van der Waals surface area contributed by atoms with Crippen molar-refractivity contribution in [2.24, 2.45) is 45.3 Å². The molecular weight excluding hydrogens is 408 g/mol. The van der Waals surface area contributed by atoms with Crippen LogP contribution in [-0.2, 0) is 9.53 Å². The van der Waals surface area contributed by atoms with Crippen molar-refractivity contribution in [3.05, 3.63) is 11.1 Å². The summed E-state index contributed by atoms with van der Waals surface area (Å²) in [5.74, 6) is 1.73. The van der Waals surface area contributed by atoms with Crippen molar-refractivity contribution < 1.29 is 14.6 Å². The monoisotopic (exact) mass is 456 g/mol. The number of ether oxygens (including phenoxy) is 1. The van der Waals surface area contributed by atoms with Crippen molar-refractivity contribution in [2.45, 2.75) is 125 Å². The number of carbonyl (C=O) groups excluding carboxylic acids is 1. The third-order valence-corrected chi connectivity index (χ3v) is 12.6. The van der Waals surface area contributed by atoms with E-state index in [2.05, 4.69) is 41.5 Å². The van der Waals surface area contributed by atoms with Crippen LogP contribution in [0.15, 0.2) is 11.1 Å². The molecule has 0 bridgehead atoms. The number of carbonyl (C=O) groups is 1. The summed E-state index contributed by atoms with van der Waals surface area (Å²) < 4.78 is 5.98. The van der Waals surface area contributed by atoms with Crippen LogP contribution in [0.3, 0.4) is 0 Å². The Morgan fingerprint density at radius 1 is 0.909 bits per heavy atom. The Labute approximate surface area is 202 Å². The van der Waals surface area contributed by atoms with Crippen molar-refractivity contribution in [2.75, 3.05) is 0 Å². The van der Waals surface area contributed by atoms with Crippen LogP contribution in [0.5, 0.6) is 0 Å². The summed E-state index contributed by atoms with van der Waals surface area (Å²) >= 11 is 0. The Balaban J connectivity index is 1.46. The van der Waals surface area contributed by atoms with Gasteiger partial charge in [0, 0.05) is 0 Å². The van der Waals surface area contributed by atoms with Crippen LogP contribution in [0.25, 0.3) is 0 Å². The second kappa shape index (κ2) is 7.58. The van der Waals surface area contributed by atoms with Gasteiger partial charge < -0.3 is 9.84 Å². The largest absolute Gasteiger partial charge is 0.462 e. The third kappa shape index (κ3) is 3.12. The molecule has 3 nitrogen and oxygen atoms in total. The first-order valence-electron chi connectivity index (χ1n) is 14.0. The van der Waals surface area contributed by atoms with Gasteiger partial charge in [0.25, 0.3) is 0 Å². The Morgan fingerprint density at radius 3 is 2.33 bits per heavy atom. The zero-order valence-electron chi connectivity index (χ0n) is 22.3. The molecule has 0 aromatic heterocycles. The van der Waals surface area contributed by atoms with E-state index in [1.807, 2.05) is 6.92 Å². The highest BCUT2D eigenvalue weighted by atomic mass is 16.5. The average molecular weight is 457 g/mol. The van der Waals surface area contributed by atoms with E-state index in [1.54, 1.807) is 11.1 Å². The molecule has 0 aromatic carbocycles. The zero-order chi connectivity index (χ0) is 24.0. The number of fused-ring (bicyclic) bond motifs is 4. The Kier molecular flexibility index (Phi) is 5.49. The molecule has 186 valence electrons. The molecule has 1 unspecified atom stereocenters. The fraction of sp³-hybridized carbons (Fsp3) is 0.900. The molecule has 4 aliphatic carbocycles. The predicted octanol–water partition coefficient (Wildman–Crippen LogP) is 7.07. The van der Waals surface area contributed by atoms with E-state index in [0.29, 0.717) is 17.8 Å². The second-order valence-electron chi connectivity index (χ2n) is 14.0. The molecule has 1 heterocycles. The minimum Gasteiger partial charge on any atom is -0.462 e. The number of aliphatic hydroxyl groups is 1. The van der Waals surface area contributed by atoms with Gasteiger partial charge in [0.05, 0.1) is 12.0 Å². The number of hydrogen-bond donors (Lipinski definition) is 1. The molecule has 0 aromatic rings. The molecule has 0 spiro atoms. The van der Waals surface area contributed by atoms with Gasteiger partial charge in [-0.2, -0.15) is 0 Å². The molecule has 5 rings (SSSR count). The fourth-order valence-corrected chi connectivity index (χ4v) is 10.0. The first-order chi connectivity index (χ1) is 15.4. The number of cyclic esters (lactones) is 1. The Morgan fingerprint density at radius 2 is 1.64 bits per heavy atom. The van der Waals surface area contributed by atoms with Crippen molar-refractivity contribution in [3.63, 3.8) is 0 Å². The Bertz CT molecular complexity index is 857. The van der Waals surface area contributed by atoms with Crippen molar-refractivity contribution in [1.29, 1.82) is 0 Å². The normalized spacial score (nSPS) is 50.2. The molecule has 1 aliphatic heterocycles. The van der Waals surface area contributed by atoms with Crippen molar-refractivity contribution in [1.82, 2.24) is 0 Å². The number of esters is 1. The fourth-order valence-electron chi connectivity index (χ4n) is 10.0. The quantitative estimate of drug-likeness (QED) is 0.357. The van der Waals surface area contributed by atoms with E-state index in [1.165, 1.54) is 38.5 Å².